The smallest absolute Gasteiger partial charge is 0.142 e. The summed E-state index contributed by atoms with van der Waals surface area (Å²) in [6.07, 6.45) is 8.78. The Hall–Kier alpha value is -2.01. The van der Waals surface area contributed by atoms with Gasteiger partial charge in [-0.15, -0.1) is 11.3 Å². The van der Waals surface area contributed by atoms with Crippen LogP contribution in [-0.2, 0) is 12.8 Å². The van der Waals surface area contributed by atoms with Crippen molar-refractivity contribution < 1.29 is 0 Å². The predicted molar refractivity (Wildman–Crippen MR) is 77.0 cm³/mol. The first-order valence-electron chi connectivity index (χ1n) is 6.34. The summed E-state index contributed by atoms with van der Waals surface area (Å²) in [4.78, 5) is 15.5. The highest BCUT2D eigenvalue weighted by molar-refractivity contribution is 7.19. The zero-order valence-electron chi connectivity index (χ0n) is 10.3. The minimum atomic E-state index is 0.900. The molecule has 5 heteroatoms. The molecule has 19 heavy (non-hydrogen) atoms. The van der Waals surface area contributed by atoms with Gasteiger partial charge in [0.25, 0.3) is 0 Å². The van der Waals surface area contributed by atoms with Crippen molar-refractivity contribution >= 4 is 33.1 Å². The van der Waals surface area contributed by atoms with Crippen LogP contribution in [-0.4, -0.2) is 15.0 Å². The molecule has 3 aromatic rings. The largest absolute Gasteiger partial charge is 0.338 e. The second kappa shape index (κ2) is 4.28. The second-order valence-electron chi connectivity index (χ2n) is 4.63. The zero-order chi connectivity index (χ0) is 12.7. The van der Waals surface area contributed by atoms with Gasteiger partial charge in [-0.3, -0.25) is 4.98 Å². The van der Waals surface area contributed by atoms with Crippen molar-refractivity contribution in [2.24, 2.45) is 0 Å². The summed E-state index contributed by atoms with van der Waals surface area (Å²) in [6.45, 7) is 0. The number of fused-ring (bicyclic) bond motifs is 3. The Labute approximate surface area is 114 Å². The first kappa shape index (κ1) is 10.9. The maximum atomic E-state index is 4.41. The van der Waals surface area contributed by atoms with E-state index in [1.807, 2.05) is 12.1 Å². The molecule has 0 spiro atoms. The molecule has 0 radical (unpaired) electrons. The van der Waals surface area contributed by atoms with Crippen molar-refractivity contribution in [1.82, 2.24) is 15.0 Å². The lowest BCUT2D eigenvalue weighted by Gasteiger charge is -2.06. The van der Waals surface area contributed by atoms with E-state index in [0.29, 0.717) is 0 Å². The number of aryl methyl sites for hydroxylation is 2. The lowest BCUT2D eigenvalue weighted by Crippen LogP contribution is -1.96. The van der Waals surface area contributed by atoms with E-state index in [4.69, 9.17) is 0 Å². The lowest BCUT2D eigenvalue weighted by molar-refractivity contribution is 0.917. The van der Waals surface area contributed by atoms with Crippen LogP contribution in [0.4, 0.5) is 11.5 Å². The molecule has 3 heterocycles. The maximum absolute atomic E-state index is 4.41. The molecule has 1 aliphatic rings. The Balaban J connectivity index is 1.86. The summed E-state index contributed by atoms with van der Waals surface area (Å²) in [6, 6.07) is 3.91. The number of aromatic nitrogens is 3. The van der Waals surface area contributed by atoms with E-state index in [1.165, 1.54) is 28.7 Å². The number of nitrogens with zero attached hydrogens (tertiary/aromatic N) is 3. The van der Waals surface area contributed by atoms with Gasteiger partial charge in [-0.25, -0.2) is 9.97 Å². The van der Waals surface area contributed by atoms with Gasteiger partial charge in [0.15, 0.2) is 0 Å². The molecule has 0 fully saturated rings. The average Bonchev–Trinajstić information content (AvgIpc) is 3.00. The second-order valence-corrected chi connectivity index (χ2v) is 5.71. The molecule has 94 valence electrons. The van der Waals surface area contributed by atoms with Gasteiger partial charge in [-0.2, -0.15) is 0 Å². The maximum Gasteiger partial charge on any atom is 0.142 e. The van der Waals surface area contributed by atoms with Crippen molar-refractivity contribution in [3.63, 3.8) is 0 Å². The molecule has 4 rings (SSSR count). The third kappa shape index (κ3) is 1.77. The topological polar surface area (TPSA) is 50.7 Å². The van der Waals surface area contributed by atoms with E-state index < -0.39 is 0 Å². The third-order valence-electron chi connectivity index (χ3n) is 3.43. The van der Waals surface area contributed by atoms with E-state index in [2.05, 4.69) is 20.3 Å². The number of rotatable bonds is 2. The first-order chi connectivity index (χ1) is 9.42. The van der Waals surface area contributed by atoms with Crippen LogP contribution in [0.25, 0.3) is 10.2 Å². The summed E-state index contributed by atoms with van der Waals surface area (Å²) >= 11 is 1.80. The zero-order valence-corrected chi connectivity index (χ0v) is 11.1. The van der Waals surface area contributed by atoms with Gasteiger partial charge in [0, 0.05) is 11.1 Å². The van der Waals surface area contributed by atoms with Crippen LogP contribution in [0.15, 0.2) is 30.9 Å². The van der Waals surface area contributed by atoms with Gasteiger partial charge in [0.05, 0.1) is 17.3 Å². The van der Waals surface area contributed by atoms with Crippen LogP contribution in [0.2, 0.25) is 0 Å². The van der Waals surface area contributed by atoms with Gasteiger partial charge in [0.2, 0.25) is 0 Å². The standard InChI is InChI=1S/C14H12N4S/c1-4-10-11(5-1)19-14-12(10)13(16-8-17-14)18-9-3-2-6-15-7-9/h2-3,6-8H,1,4-5H2,(H,16,17,18). The Morgan fingerprint density at radius 1 is 1.21 bits per heavy atom. The van der Waals surface area contributed by atoms with Crippen molar-refractivity contribution in [3.05, 3.63) is 41.3 Å². The molecular formula is C14H12N4S. The summed E-state index contributed by atoms with van der Waals surface area (Å²) in [7, 11) is 0. The molecule has 0 bridgehead atoms. The molecule has 0 saturated carbocycles. The van der Waals surface area contributed by atoms with Crippen LogP contribution < -0.4 is 5.32 Å². The molecule has 1 N–H and O–H groups in total. The summed E-state index contributed by atoms with van der Waals surface area (Å²) in [5.41, 5.74) is 2.40. The fraction of sp³-hybridized carbons (Fsp3) is 0.214. The van der Waals surface area contributed by atoms with Crippen LogP contribution in [0.1, 0.15) is 16.9 Å². The summed E-state index contributed by atoms with van der Waals surface area (Å²) in [5.74, 6) is 0.900. The molecule has 1 aliphatic carbocycles. The van der Waals surface area contributed by atoms with Gasteiger partial charge < -0.3 is 5.32 Å². The molecule has 0 aliphatic heterocycles. The highest BCUT2D eigenvalue weighted by Gasteiger charge is 2.21. The molecule has 0 atom stereocenters. The number of anilines is 2. The SMILES string of the molecule is c1cncc(Nc2ncnc3sc4c(c23)CCC4)c1. The van der Waals surface area contributed by atoms with E-state index in [0.717, 1.165) is 22.8 Å². The Morgan fingerprint density at radius 3 is 3.11 bits per heavy atom. The number of hydrogen-bond acceptors (Lipinski definition) is 5. The fourth-order valence-electron chi connectivity index (χ4n) is 2.60. The van der Waals surface area contributed by atoms with Crippen LogP contribution in [0.3, 0.4) is 0 Å². The van der Waals surface area contributed by atoms with Crippen molar-refractivity contribution in [2.75, 3.05) is 5.32 Å². The molecule has 0 amide bonds. The lowest BCUT2D eigenvalue weighted by atomic mass is 10.2. The number of thiophene rings is 1. The van der Waals surface area contributed by atoms with Crippen molar-refractivity contribution in [3.8, 4) is 0 Å². The average molecular weight is 268 g/mol. The van der Waals surface area contributed by atoms with Crippen LogP contribution >= 0.6 is 11.3 Å². The molecule has 0 aromatic carbocycles. The molecule has 0 saturated heterocycles. The highest BCUT2D eigenvalue weighted by Crippen LogP contribution is 2.39. The quantitative estimate of drug-likeness (QED) is 0.774. The predicted octanol–water partition coefficient (Wildman–Crippen LogP) is 3.32. The summed E-state index contributed by atoms with van der Waals surface area (Å²) < 4.78 is 0. The van der Waals surface area contributed by atoms with E-state index in [1.54, 1.807) is 30.1 Å². The first-order valence-corrected chi connectivity index (χ1v) is 7.16. The Bertz CT molecular complexity index is 736. The number of nitrogens with one attached hydrogen (secondary N) is 1. The molecule has 4 nitrogen and oxygen atoms in total. The molecular weight excluding hydrogens is 256 g/mol. The van der Waals surface area contributed by atoms with E-state index in [-0.39, 0.29) is 0 Å². The highest BCUT2D eigenvalue weighted by atomic mass is 32.1. The monoisotopic (exact) mass is 268 g/mol. The van der Waals surface area contributed by atoms with E-state index in [9.17, 15) is 0 Å². The normalized spacial score (nSPS) is 13.7. The summed E-state index contributed by atoms with van der Waals surface area (Å²) in [5, 5.41) is 4.55. The van der Waals surface area contributed by atoms with Gasteiger partial charge in [-0.1, -0.05) is 0 Å². The number of hydrogen-bond donors (Lipinski definition) is 1. The molecule has 0 unspecified atom stereocenters. The van der Waals surface area contributed by atoms with Crippen molar-refractivity contribution in [1.29, 1.82) is 0 Å². The van der Waals surface area contributed by atoms with Gasteiger partial charge in [-0.05, 0) is 37.0 Å². The van der Waals surface area contributed by atoms with Crippen molar-refractivity contribution in [2.45, 2.75) is 19.3 Å². The Kier molecular flexibility index (Phi) is 2.45. The van der Waals surface area contributed by atoms with Crippen LogP contribution in [0.5, 0.6) is 0 Å². The number of pyridine rings is 1. The third-order valence-corrected chi connectivity index (χ3v) is 4.63. The van der Waals surface area contributed by atoms with Gasteiger partial charge in [0.1, 0.15) is 17.0 Å². The van der Waals surface area contributed by atoms with E-state index >= 15 is 0 Å². The molecule has 3 aromatic heterocycles. The minimum Gasteiger partial charge on any atom is -0.338 e. The minimum absolute atomic E-state index is 0.900. The van der Waals surface area contributed by atoms with Crippen LogP contribution in [0, 0.1) is 0 Å². The Morgan fingerprint density at radius 2 is 2.21 bits per heavy atom. The van der Waals surface area contributed by atoms with Gasteiger partial charge >= 0.3 is 0 Å². The fourth-order valence-corrected chi connectivity index (χ4v) is 3.83.